The van der Waals surface area contributed by atoms with E-state index >= 15 is 0 Å². The second kappa shape index (κ2) is 5.30. The summed E-state index contributed by atoms with van der Waals surface area (Å²) < 4.78 is 0.998. The SMILES string of the molecule is CC1(C(=O)O)CCCCN1c1nccc2c(Br)cccc12. The Labute approximate surface area is 131 Å². The fourth-order valence-corrected chi connectivity index (χ4v) is 3.55. The molecule has 1 aliphatic rings. The molecule has 0 radical (unpaired) electrons. The van der Waals surface area contributed by atoms with Crippen molar-refractivity contribution in [1.29, 1.82) is 0 Å². The van der Waals surface area contributed by atoms with Crippen molar-refractivity contribution in [2.45, 2.75) is 31.7 Å². The second-order valence-corrected chi connectivity index (χ2v) is 6.51. The van der Waals surface area contributed by atoms with Gasteiger partial charge in [-0.05, 0) is 38.3 Å². The molecule has 1 unspecified atom stereocenters. The summed E-state index contributed by atoms with van der Waals surface area (Å²) >= 11 is 3.55. The van der Waals surface area contributed by atoms with E-state index in [1.807, 2.05) is 29.2 Å². The molecule has 0 amide bonds. The monoisotopic (exact) mass is 348 g/mol. The van der Waals surface area contributed by atoms with Gasteiger partial charge >= 0.3 is 5.97 Å². The lowest BCUT2D eigenvalue weighted by atomic mass is 9.88. The van der Waals surface area contributed by atoms with Crippen LogP contribution in [0.5, 0.6) is 0 Å². The largest absolute Gasteiger partial charge is 0.480 e. The van der Waals surface area contributed by atoms with Crippen LogP contribution in [-0.4, -0.2) is 28.1 Å². The number of anilines is 1. The number of carboxylic acids is 1. The van der Waals surface area contributed by atoms with Crippen molar-refractivity contribution >= 4 is 38.5 Å². The summed E-state index contributed by atoms with van der Waals surface area (Å²) in [4.78, 5) is 18.2. The van der Waals surface area contributed by atoms with Crippen molar-refractivity contribution in [2.24, 2.45) is 0 Å². The first kappa shape index (κ1) is 14.3. The summed E-state index contributed by atoms with van der Waals surface area (Å²) in [6.45, 7) is 2.52. The maximum absolute atomic E-state index is 11.8. The molecule has 3 rings (SSSR count). The number of hydrogen-bond acceptors (Lipinski definition) is 3. The van der Waals surface area contributed by atoms with E-state index in [0.717, 1.165) is 40.4 Å². The van der Waals surface area contributed by atoms with Gasteiger partial charge in [-0.25, -0.2) is 9.78 Å². The number of nitrogens with zero attached hydrogens (tertiary/aromatic N) is 2. The van der Waals surface area contributed by atoms with E-state index < -0.39 is 11.5 Å². The summed E-state index contributed by atoms with van der Waals surface area (Å²) in [6, 6.07) is 7.89. The Morgan fingerprint density at radius 1 is 1.33 bits per heavy atom. The highest BCUT2D eigenvalue weighted by molar-refractivity contribution is 9.10. The Hall–Kier alpha value is -1.62. The third kappa shape index (κ3) is 2.29. The van der Waals surface area contributed by atoms with Gasteiger partial charge in [0, 0.05) is 28.0 Å². The molecule has 4 nitrogen and oxygen atoms in total. The summed E-state index contributed by atoms with van der Waals surface area (Å²) in [5.41, 5.74) is -0.887. The third-order valence-electron chi connectivity index (χ3n) is 4.34. The van der Waals surface area contributed by atoms with E-state index in [0.29, 0.717) is 6.42 Å². The number of carbonyl (C=O) groups is 1. The van der Waals surface area contributed by atoms with E-state index in [9.17, 15) is 9.90 Å². The first-order valence-electron chi connectivity index (χ1n) is 7.08. The van der Waals surface area contributed by atoms with Crippen LogP contribution in [0.1, 0.15) is 26.2 Å². The van der Waals surface area contributed by atoms with Crippen LogP contribution in [0.25, 0.3) is 10.8 Å². The molecule has 2 aromatic rings. The van der Waals surface area contributed by atoms with Crippen LogP contribution in [-0.2, 0) is 4.79 Å². The minimum atomic E-state index is -0.887. The molecule has 0 spiro atoms. The van der Waals surface area contributed by atoms with Gasteiger partial charge in [0.05, 0.1) is 0 Å². The smallest absolute Gasteiger partial charge is 0.329 e. The molecule has 1 fully saturated rings. The molecule has 2 heterocycles. The maximum Gasteiger partial charge on any atom is 0.329 e. The molecule has 1 aliphatic heterocycles. The topological polar surface area (TPSA) is 53.4 Å². The number of halogens is 1. The van der Waals surface area contributed by atoms with E-state index in [2.05, 4.69) is 20.9 Å². The van der Waals surface area contributed by atoms with Gasteiger partial charge in [-0.15, -0.1) is 0 Å². The van der Waals surface area contributed by atoms with E-state index in [1.54, 1.807) is 13.1 Å². The standard InChI is InChI=1S/C16H17BrN2O2/c1-16(15(20)21)8-2-3-10-19(16)14-12-5-4-6-13(17)11(12)7-9-18-14/h4-7,9H,2-3,8,10H2,1H3,(H,20,21). The number of aliphatic carboxylic acids is 1. The van der Waals surface area contributed by atoms with E-state index in [4.69, 9.17) is 0 Å². The van der Waals surface area contributed by atoms with Gasteiger partial charge in [0.25, 0.3) is 0 Å². The number of aromatic nitrogens is 1. The molecule has 1 aromatic heterocycles. The Bertz CT molecular complexity index is 704. The lowest BCUT2D eigenvalue weighted by molar-refractivity contribution is -0.143. The van der Waals surface area contributed by atoms with Crippen LogP contribution >= 0.6 is 15.9 Å². The van der Waals surface area contributed by atoms with Crippen LogP contribution < -0.4 is 4.90 Å². The predicted molar refractivity (Wildman–Crippen MR) is 86.7 cm³/mol. The second-order valence-electron chi connectivity index (χ2n) is 5.66. The number of hydrogen-bond donors (Lipinski definition) is 1. The van der Waals surface area contributed by atoms with Crippen LogP contribution in [0.2, 0.25) is 0 Å². The molecule has 0 aliphatic carbocycles. The van der Waals surface area contributed by atoms with E-state index in [-0.39, 0.29) is 0 Å². The van der Waals surface area contributed by atoms with Crippen LogP contribution in [0.3, 0.4) is 0 Å². The van der Waals surface area contributed by atoms with Crippen molar-refractivity contribution in [3.8, 4) is 0 Å². The summed E-state index contributed by atoms with van der Waals surface area (Å²) in [5, 5.41) is 11.7. The van der Waals surface area contributed by atoms with Gasteiger partial charge in [0.2, 0.25) is 0 Å². The average Bonchev–Trinajstić information content (AvgIpc) is 2.48. The fourth-order valence-electron chi connectivity index (χ4n) is 3.05. The summed E-state index contributed by atoms with van der Waals surface area (Å²) in [7, 11) is 0. The lowest BCUT2D eigenvalue weighted by Gasteiger charge is -2.42. The first-order chi connectivity index (χ1) is 10.0. The summed E-state index contributed by atoms with van der Waals surface area (Å²) in [6.07, 6.45) is 4.33. The molecule has 110 valence electrons. The predicted octanol–water partition coefficient (Wildman–Crippen LogP) is 3.83. The molecule has 5 heteroatoms. The quantitative estimate of drug-likeness (QED) is 0.895. The van der Waals surface area contributed by atoms with Crippen LogP contribution in [0.15, 0.2) is 34.9 Å². The minimum absolute atomic E-state index is 0.647. The van der Waals surface area contributed by atoms with Crippen molar-refractivity contribution < 1.29 is 9.90 Å². The fraction of sp³-hybridized carbons (Fsp3) is 0.375. The van der Waals surface area contributed by atoms with Crippen LogP contribution in [0.4, 0.5) is 5.82 Å². The molecule has 1 aromatic carbocycles. The molecule has 0 bridgehead atoms. The maximum atomic E-state index is 11.8. The van der Waals surface area contributed by atoms with Crippen LogP contribution in [0, 0.1) is 0 Å². The molecular weight excluding hydrogens is 332 g/mol. The van der Waals surface area contributed by atoms with Crippen molar-refractivity contribution in [3.05, 3.63) is 34.9 Å². The number of piperidine rings is 1. The van der Waals surface area contributed by atoms with Gasteiger partial charge in [-0.3, -0.25) is 0 Å². The molecular formula is C16H17BrN2O2. The zero-order chi connectivity index (χ0) is 15.0. The Morgan fingerprint density at radius 2 is 2.14 bits per heavy atom. The minimum Gasteiger partial charge on any atom is -0.480 e. The molecule has 1 saturated heterocycles. The number of rotatable bonds is 2. The van der Waals surface area contributed by atoms with Gasteiger partial charge < -0.3 is 10.0 Å². The molecule has 0 saturated carbocycles. The highest BCUT2D eigenvalue weighted by Crippen LogP contribution is 2.37. The Kier molecular flexibility index (Phi) is 3.61. The lowest BCUT2D eigenvalue weighted by Crippen LogP contribution is -2.55. The Morgan fingerprint density at radius 3 is 2.90 bits per heavy atom. The molecule has 1 atom stereocenters. The van der Waals surface area contributed by atoms with Crippen molar-refractivity contribution in [1.82, 2.24) is 4.98 Å². The van der Waals surface area contributed by atoms with Gasteiger partial charge in [0.1, 0.15) is 11.4 Å². The first-order valence-corrected chi connectivity index (χ1v) is 7.87. The zero-order valence-electron chi connectivity index (χ0n) is 11.8. The number of benzene rings is 1. The van der Waals surface area contributed by atoms with Crippen molar-refractivity contribution in [3.63, 3.8) is 0 Å². The molecule has 21 heavy (non-hydrogen) atoms. The number of pyridine rings is 1. The zero-order valence-corrected chi connectivity index (χ0v) is 13.4. The normalized spacial score (nSPS) is 22.5. The highest BCUT2D eigenvalue weighted by Gasteiger charge is 2.42. The highest BCUT2D eigenvalue weighted by atomic mass is 79.9. The third-order valence-corrected chi connectivity index (χ3v) is 5.03. The van der Waals surface area contributed by atoms with E-state index in [1.165, 1.54) is 0 Å². The van der Waals surface area contributed by atoms with Gasteiger partial charge in [0.15, 0.2) is 0 Å². The summed E-state index contributed by atoms with van der Waals surface area (Å²) in [5.74, 6) is -0.0191. The molecule has 1 N–H and O–H groups in total. The Balaban J connectivity index is 2.19. The van der Waals surface area contributed by atoms with Gasteiger partial charge in [-0.1, -0.05) is 28.1 Å². The number of carboxylic acid groups (broad SMARTS) is 1. The van der Waals surface area contributed by atoms with Gasteiger partial charge in [-0.2, -0.15) is 0 Å². The van der Waals surface area contributed by atoms with Crippen molar-refractivity contribution in [2.75, 3.05) is 11.4 Å². The average molecular weight is 349 g/mol. The number of fused-ring (bicyclic) bond motifs is 1.